The molecule has 7 amide bonds. The minimum Gasteiger partial charge on any atom is -0.370 e. The lowest BCUT2D eigenvalue weighted by molar-refractivity contribution is -0.146. The number of piperidine rings is 1. The van der Waals surface area contributed by atoms with Crippen LogP contribution in [0.3, 0.4) is 0 Å². The minimum atomic E-state index is -5.15. The zero-order valence-corrected chi connectivity index (χ0v) is 47.4. The van der Waals surface area contributed by atoms with Gasteiger partial charge in [0.2, 0.25) is 35.4 Å². The molecule has 24 nitrogen and oxygen atoms in total. The average Bonchev–Trinajstić information content (AvgIpc) is 3.52. The van der Waals surface area contributed by atoms with Crippen molar-refractivity contribution in [3.8, 4) is 0 Å². The Morgan fingerprint density at radius 2 is 1.64 bits per heavy atom. The van der Waals surface area contributed by atoms with E-state index in [0.717, 1.165) is 61.0 Å². The summed E-state index contributed by atoms with van der Waals surface area (Å²) in [5.41, 5.74) is 6.71. The number of carbonyl (C=O) groups is 8. The molecule has 1 aliphatic carbocycles. The number of nitrogens with two attached hydrogens (primary N) is 1. The fourth-order valence-corrected chi connectivity index (χ4v) is 13.1. The molecule has 442 valence electrons. The molecule has 0 bridgehead atoms. The molecule has 9 rings (SSSR count). The predicted molar refractivity (Wildman–Crippen MR) is 299 cm³/mol. The Balaban J connectivity index is 0.893. The topological polar surface area (TPSA) is 352 Å². The molecule has 83 heavy (non-hydrogen) atoms. The van der Waals surface area contributed by atoms with Crippen LogP contribution < -0.4 is 32.7 Å². The Hall–Kier alpha value is -7.80. The number of aryl methyl sites for hydroxylation is 1. The Labute approximate surface area is 475 Å². The second-order valence-corrected chi connectivity index (χ2v) is 25.8. The van der Waals surface area contributed by atoms with E-state index in [1.54, 1.807) is 21.1 Å². The normalized spacial score (nSPS) is 21.9. The molecule has 5 atom stereocenters. The number of aromatic amines is 1. The molecule has 2 aromatic heterocycles. The summed E-state index contributed by atoms with van der Waals surface area (Å²) in [5, 5.41) is 10.9. The average molecular weight is 1190 g/mol. The monoisotopic (exact) mass is 1180 g/mol. The zero-order valence-electron chi connectivity index (χ0n) is 45.7. The van der Waals surface area contributed by atoms with Gasteiger partial charge in [0.05, 0.1) is 22.0 Å². The van der Waals surface area contributed by atoms with Crippen LogP contribution in [-0.2, 0) is 63.2 Å². The molecule has 1 saturated carbocycles. The van der Waals surface area contributed by atoms with Crippen molar-refractivity contribution >= 4 is 86.2 Å². The lowest BCUT2D eigenvalue weighted by atomic mass is 9.78. The van der Waals surface area contributed by atoms with Crippen LogP contribution in [0.4, 0.5) is 4.39 Å². The highest BCUT2D eigenvalue weighted by atomic mass is 32.2. The van der Waals surface area contributed by atoms with E-state index in [1.165, 1.54) is 41.3 Å². The van der Waals surface area contributed by atoms with E-state index in [4.69, 9.17) is 5.73 Å². The summed E-state index contributed by atoms with van der Waals surface area (Å²) in [6.07, 6.45) is 5.78. The maximum Gasteiger partial charge on any atom is 0.396 e. The zero-order chi connectivity index (χ0) is 59.8. The highest BCUT2D eigenvalue weighted by Crippen LogP contribution is 2.40. The summed E-state index contributed by atoms with van der Waals surface area (Å²) >= 11 is 0. The largest absolute Gasteiger partial charge is 0.396 e. The third-order valence-electron chi connectivity index (χ3n) is 16.5. The van der Waals surface area contributed by atoms with Crippen LogP contribution in [0.5, 0.6) is 0 Å². The number of allylic oxidation sites excluding steroid dienone is 1. The third-order valence-corrected chi connectivity index (χ3v) is 18.4. The van der Waals surface area contributed by atoms with E-state index in [1.807, 2.05) is 18.2 Å². The molecular formula is C56H66FN10O14PS. The highest BCUT2D eigenvalue weighted by Gasteiger charge is 2.46. The molecule has 4 fully saturated rings. The van der Waals surface area contributed by atoms with Gasteiger partial charge in [-0.2, -0.15) is 0 Å². The van der Waals surface area contributed by atoms with Gasteiger partial charge in [-0.25, -0.2) is 17.6 Å². The fraction of sp³-hybridized carbons (Fsp3) is 0.446. The first-order valence-corrected chi connectivity index (χ1v) is 30.9. The molecule has 5 heterocycles. The van der Waals surface area contributed by atoms with Crippen molar-refractivity contribution in [1.29, 1.82) is 0 Å². The Kier molecular flexibility index (Phi) is 17.4. The number of imidazole rings is 1. The number of fused-ring (bicyclic) bond motifs is 3. The Morgan fingerprint density at radius 3 is 2.33 bits per heavy atom. The van der Waals surface area contributed by atoms with E-state index >= 15 is 4.79 Å². The molecule has 0 spiro atoms. The summed E-state index contributed by atoms with van der Waals surface area (Å²) in [6.45, 7) is 3.44. The summed E-state index contributed by atoms with van der Waals surface area (Å²) in [6, 6.07) is 9.21. The van der Waals surface area contributed by atoms with Gasteiger partial charge in [0.1, 0.15) is 29.6 Å². The number of halogens is 1. The SMILES string of the molecule is C=C1NC(=O)CCC1n1c(=O)n(C)c2cc(CC3CCC(CC(=O)N4CC[C@H]5CC[C@@H](C(=O)N[C@@H](CCC(N)=O)C(=O)NCc6ccc(S(C)(=O)=O)cc6F)N5C(=O)[C@@H](NC(=O)c5cc6cc(C(=O)P(=O)(O)O)ccc6[nH]5)C4)CC3)ccc21. The van der Waals surface area contributed by atoms with Gasteiger partial charge in [0, 0.05) is 86.0 Å². The van der Waals surface area contributed by atoms with Crippen molar-refractivity contribution in [3.05, 3.63) is 112 Å². The van der Waals surface area contributed by atoms with Gasteiger partial charge in [-0.1, -0.05) is 18.7 Å². The molecule has 9 N–H and O–H groups in total. The van der Waals surface area contributed by atoms with Crippen molar-refractivity contribution < 1.29 is 65.5 Å². The maximum absolute atomic E-state index is 15.0. The standard InChI is InChI=1S/C56H66FN10O14PS/c1-30-44(17-19-49(69)60-30)67-45-15-8-33(23-47(45)64(2)56(67)76)22-31-4-6-32(7-5-31)24-50(70)65-21-20-37-11-16-46(53(73)62-41(14-18-48(58)68)51(71)59-28-35-9-12-38(27-39(35)57)83(3,80)81)66(37)54(74)43(29-65)63-52(72)42-26-36-25-34(10-13-40(36)61-42)55(75)82(77,78)79/h8-10,12-13,15,23,25-27,31-32,37,41,43-44,46,61H,1,4-7,11,14,16-22,24,28-29H2,2-3H3,(H2,58,68)(H,59,71)(H,60,69)(H,62,73)(H,63,72)(H2,77,78,79)/t31?,32?,37-,41+,43+,44?,46+/m1/s1. The number of nitrogens with one attached hydrogen (secondary N) is 5. The van der Waals surface area contributed by atoms with Gasteiger partial charge >= 0.3 is 13.3 Å². The number of sulfone groups is 1. The van der Waals surface area contributed by atoms with Crippen LogP contribution in [0.2, 0.25) is 0 Å². The van der Waals surface area contributed by atoms with Crippen molar-refractivity contribution in [2.45, 2.75) is 125 Å². The minimum absolute atomic E-state index is 0.0123. The van der Waals surface area contributed by atoms with E-state index in [2.05, 4.69) is 32.8 Å². The van der Waals surface area contributed by atoms with Crippen LogP contribution in [-0.4, -0.2) is 133 Å². The number of primary amides is 1. The van der Waals surface area contributed by atoms with Crippen LogP contribution in [0, 0.1) is 17.7 Å². The first-order valence-electron chi connectivity index (χ1n) is 27.4. The predicted octanol–water partition coefficient (Wildman–Crippen LogP) is 2.84. The first-order chi connectivity index (χ1) is 39.2. The van der Waals surface area contributed by atoms with E-state index in [9.17, 15) is 65.5 Å². The smallest absolute Gasteiger partial charge is 0.370 e. The van der Waals surface area contributed by atoms with Crippen molar-refractivity contribution in [2.24, 2.45) is 24.6 Å². The van der Waals surface area contributed by atoms with E-state index in [-0.39, 0.29) is 108 Å². The number of benzene rings is 3. The van der Waals surface area contributed by atoms with Crippen molar-refractivity contribution in [2.75, 3.05) is 19.3 Å². The molecule has 0 radical (unpaired) electrons. The number of H-pyrrole nitrogens is 1. The lowest BCUT2D eigenvalue weighted by Gasteiger charge is -2.39. The van der Waals surface area contributed by atoms with Crippen LogP contribution in [0.1, 0.15) is 115 Å². The third kappa shape index (κ3) is 13.4. The number of rotatable bonds is 18. The molecule has 3 aliphatic heterocycles. The first kappa shape index (κ1) is 59.8. The van der Waals surface area contributed by atoms with Crippen LogP contribution >= 0.6 is 7.60 Å². The van der Waals surface area contributed by atoms with E-state index < -0.39 is 89.0 Å². The van der Waals surface area contributed by atoms with Crippen LogP contribution in [0.15, 0.2) is 82.6 Å². The lowest BCUT2D eigenvalue weighted by Crippen LogP contribution is -2.62. The summed E-state index contributed by atoms with van der Waals surface area (Å²) in [7, 11) is -7.16. The Bertz CT molecular complexity index is 3710. The number of aromatic nitrogens is 3. The molecule has 3 saturated heterocycles. The highest BCUT2D eigenvalue weighted by molar-refractivity contribution is 7.90. The van der Waals surface area contributed by atoms with E-state index in [0.29, 0.717) is 30.0 Å². The molecule has 1 unspecified atom stereocenters. The number of hydrogen-bond donors (Lipinski definition) is 8. The van der Waals surface area contributed by atoms with Gasteiger partial charge in [-0.05, 0) is 130 Å². The van der Waals surface area contributed by atoms with Gasteiger partial charge < -0.3 is 51.6 Å². The quantitative estimate of drug-likeness (QED) is 0.0585. The number of hydrogen-bond acceptors (Lipinski definition) is 12. The van der Waals surface area contributed by atoms with Gasteiger partial charge in [-0.3, -0.25) is 52.1 Å². The number of nitrogens with zero attached hydrogens (tertiary/aromatic N) is 4. The van der Waals surface area contributed by atoms with Gasteiger partial charge in [-0.15, -0.1) is 0 Å². The fourth-order valence-electron chi connectivity index (χ4n) is 12.0. The second-order valence-electron chi connectivity index (χ2n) is 22.2. The number of carbonyl (C=O) groups excluding carboxylic acids is 8. The Morgan fingerprint density at radius 1 is 0.904 bits per heavy atom. The second kappa shape index (κ2) is 24.2. The summed E-state index contributed by atoms with van der Waals surface area (Å²) < 4.78 is 53.9. The van der Waals surface area contributed by atoms with Gasteiger partial charge in [0.15, 0.2) is 9.84 Å². The maximum atomic E-state index is 15.0. The summed E-state index contributed by atoms with van der Waals surface area (Å²) in [4.78, 5) is 146. The number of amides is 7. The molecular weight excluding hydrogens is 1120 g/mol. The molecule has 27 heteroatoms. The van der Waals surface area contributed by atoms with Crippen LogP contribution in [0.25, 0.3) is 21.9 Å². The van der Waals surface area contributed by atoms with Crippen molar-refractivity contribution in [1.82, 2.24) is 45.2 Å². The molecule has 3 aromatic carbocycles. The van der Waals surface area contributed by atoms with Crippen molar-refractivity contribution in [3.63, 3.8) is 0 Å². The van der Waals surface area contributed by atoms with Gasteiger partial charge in [0.25, 0.3) is 11.4 Å². The summed E-state index contributed by atoms with van der Waals surface area (Å²) in [5.74, 6) is -4.88. The molecule has 5 aromatic rings. The molecule has 4 aliphatic rings.